The molecular formula is C20H46Cl5CoN8Ni. The van der Waals surface area contributed by atoms with Crippen LogP contribution in [0.5, 0.6) is 0 Å². The van der Waals surface area contributed by atoms with E-state index in [9.17, 15) is 0 Å². The van der Waals surface area contributed by atoms with Crippen LogP contribution in [0.4, 0.5) is 0 Å². The van der Waals surface area contributed by atoms with E-state index in [1.807, 2.05) is 0 Å². The Labute approximate surface area is 244 Å². The van der Waals surface area contributed by atoms with Gasteiger partial charge in [0, 0.05) is 52.4 Å². The number of hydrogen-bond donors (Lipinski definition) is 8. The summed E-state index contributed by atoms with van der Waals surface area (Å²) >= 11 is 0.569. The van der Waals surface area contributed by atoms with Crippen molar-refractivity contribution in [1.29, 1.82) is 0 Å². The van der Waals surface area contributed by atoms with E-state index in [1.54, 1.807) is 0 Å². The summed E-state index contributed by atoms with van der Waals surface area (Å²) in [4.78, 5) is 0. The first kappa shape index (κ1) is 37.1. The SMILES string of the molecule is C1CNCCNCC(C2CNCCNCCCNCCNC2)CNCCNC1.[Cl][Co]([Cl])[Cl].[Cl][Ni][Cl]. The number of nitrogens with one attached hydrogen (secondary N) is 8. The molecule has 35 heavy (non-hydrogen) atoms. The van der Waals surface area contributed by atoms with E-state index < -0.39 is 10.9 Å². The minimum atomic E-state index is -1.19. The fourth-order valence-electron chi connectivity index (χ4n) is 3.84. The van der Waals surface area contributed by atoms with Gasteiger partial charge >= 0.3 is 74.4 Å². The predicted octanol–water partition coefficient (Wildman–Crippen LogP) is 1.19. The van der Waals surface area contributed by atoms with Crippen LogP contribution in [-0.2, 0) is 23.6 Å². The minimum absolute atomic E-state index is 0.569. The summed E-state index contributed by atoms with van der Waals surface area (Å²) in [6.45, 7) is 17.1. The van der Waals surface area contributed by atoms with Crippen LogP contribution >= 0.6 is 50.8 Å². The molecule has 0 unspecified atom stereocenters. The van der Waals surface area contributed by atoms with Crippen molar-refractivity contribution in [3.8, 4) is 0 Å². The van der Waals surface area contributed by atoms with Gasteiger partial charge in [0.15, 0.2) is 0 Å². The molecule has 8 nitrogen and oxygen atoms in total. The molecule has 0 atom stereocenters. The summed E-state index contributed by atoms with van der Waals surface area (Å²) < 4.78 is 0. The molecule has 15 heteroatoms. The van der Waals surface area contributed by atoms with Gasteiger partial charge in [-0.25, -0.2) is 0 Å². The van der Waals surface area contributed by atoms with Crippen LogP contribution < -0.4 is 42.5 Å². The maximum atomic E-state index is 4.87. The molecule has 2 fully saturated rings. The Balaban J connectivity index is 0.00000146. The zero-order chi connectivity index (χ0) is 25.8. The van der Waals surface area contributed by atoms with Crippen LogP contribution in [0, 0.1) is 11.8 Å². The van der Waals surface area contributed by atoms with Crippen molar-refractivity contribution in [2.75, 3.05) is 105 Å². The average molecular weight is 694 g/mol. The molecule has 2 saturated heterocycles. The quantitative estimate of drug-likeness (QED) is 0.195. The monoisotopic (exact) mass is 690 g/mol. The van der Waals surface area contributed by atoms with Gasteiger partial charge < -0.3 is 42.5 Å². The van der Waals surface area contributed by atoms with E-state index in [0.29, 0.717) is 24.5 Å². The number of halogens is 5. The molecule has 0 aromatic carbocycles. The van der Waals surface area contributed by atoms with Gasteiger partial charge in [-0.2, -0.15) is 0 Å². The summed E-state index contributed by atoms with van der Waals surface area (Å²) in [6, 6.07) is 0. The Hall–Kier alpha value is 2.13. The van der Waals surface area contributed by atoms with Crippen molar-refractivity contribution in [2.45, 2.75) is 12.8 Å². The summed E-state index contributed by atoms with van der Waals surface area (Å²) in [5.41, 5.74) is 0. The molecule has 0 aliphatic carbocycles. The van der Waals surface area contributed by atoms with E-state index in [1.165, 1.54) is 12.8 Å². The molecule has 0 bridgehead atoms. The van der Waals surface area contributed by atoms with Gasteiger partial charge in [0.1, 0.15) is 0 Å². The molecule has 2 aliphatic heterocycles. The Morgan fingerprint density at radius 3 is 0.857 bits per heavy atom. The van der Waals surface area contributed by atoms with Crippen LogP contribution in [0.3, 0.4) is 0 Å². The first-order valence-electron chi connectivity index (χ1n) is 12.2. The summed E-state index contributed by atoms with van der Waals surface area (Å²) in [5.74, 6) is 1.24. The van der Waals surface area contributed by atoms with Gasteiger partial charge in [-0.05, 0) is 77.0 Å². The fraction of sp³-hybridized carbons (Fsp3) is 1.00. The molecule has 8 N–H and O–H groups in total. The standard InChI is InChI=1S/C20H46N8.5ClH.Co.Ni/c1-3-21-7-11-25-15-19(16-26-12-8-22-4-1)20-17-27-13-9-23-5-2-6-24-10-14-28-18-20;;;;;;;/h19-28H,1-18H2;5*1H;;/q;;;;;;+3;+2/p-5. The molecule has 0 saturated carbocycles. The zero-order valence-corrected chi connectivity index (χ0v) is 26.2. The molecule has 220 valence electrons. The number of hydrogen-bond acceptors (Lipinski definition) is 8. The number of rotatable bonds is 1. The predicted molar refractivity (Wildman–Crippen MR) is 148 cm³/mol. The second-order valence-corrected chi connectivity index (χ2v) is 15.0. The Bertz CT molecular complexity index is 365. The van der Waals surface area contributed by atoms with Crippen molar-refractivity contribution in [1.82, 2.24) is 42.5 Å². The molecule has 2 rings (SSSR count). The van der Waals surface area contributed by atoms with E-state index in [4.69, 9.17) is 50.8 Å². The topological polar surface area (TPSA) is 96.2 Å². The van der Waals surface area contributed by atoms with Crippen molar-refractivity contribution < 1.29 is 23.6 Å². The van der Waals surface area contributed by atoms with Gasteiger partial charge in [0.05, 0.1) is 0 Å². The summed E-state index contributed by atoms with van der Waals surface area (Å²) in [7, 11) is 22.8. The Kier molecular flexibility index (Phi) is 32.5. The molecular weight excluding hydrogens is 647 g/mol. The normalized spacial score (nSPS) is 22.8. The molecule has 0 aromatic heterocycles. The average Bonchev–Trinajstić information content (AvgIpc) is 2.82. The fourth-order valence-corrected chi connectivity index (χ4v) is 3.84. The molecule has 2 heterocycles. The molecule has 0 amide bonds. The van der Waals surface area contributed by atoms with Gasteiger partial charge in [0.2, 0.25) is 0 Å². The third-order valence-corrected chi connectivity index (χ3v) is 5.62. The van der Waals surface area contributed by atoms with Gasteiger partial charge in [-0.1, -0.05) is 0 Å². The van der Waals surface area contributed by atoms with E-state index in [2.05, 4.69) is 42.5 Å². The van der Waals surface area contributed by atoms with Crippen LogP contribution in [0.2, 0.25) is 0 Å². The van der Waals surface area contributed by atoms with Crippen LogP contribution in [0.25, 0.3) is 0 Å². The third kappa shape index (κ3) is 28.9. The zero-order valence-electron chi connectivity index (χ0n) is 20.4. The van der Waals surface area contributed by atoms with Crippen molar-refractivity contribution in [3.05, 3.63) is 0 Å². The van der Waals surface area contributed by atoms with Crippen LogP contribution in [0.15, 0.2) is 0 Å². The summed E-state index contributed by atoms with van der Waals surface area (Å²) in [6.07, 6.45) is 2.40. The van der Waals surface area contributed by atoms with Gasteiger partial charge in [-0.3, -0.25) is 0 Å². The molecule has 0 spiro atoms. The molecule has 0 radical (unpaired) electrons. The molecule has 2 aliphatic rings. The maximum absolute atomic E-state index is 4.87. The van der Waals surface area contributed by atoms with Crippen molar-refractivity contribution in [3.63, 3.8) is 0 Å². The second kappa shape index (κ2) is 30.7. The van der Waals surface area contributed by atoms with Crippen molar-refractivity contribution >= 4 is 50.8 Å². The van der Waals surface area contributed by atoms with E-state index in [0.717, 1.165) is 105 Å². The Morgan fingerprint density at radius 2 is 0.629 bits per heavy atom. The van der Waals surface area contributed by atoms with E-state index >= 15 is 0 Å². The second-order valence-electron chi connectivity index (χ2n) is 8.23. The first-order chi connectivity index (χ1) is 17.1. The van der Waals surface area contributed by atoms with E-state index in [-0.39, 0.29) is 0 Å². The van der Waals surface area contributed by atoms with Crippen LogP contribution in [-0.4, -0.2) is 105 Å². The molecule has 0 aromatic rings. The summed E-state index contributed by atoms with van der Waals surface area (Å²) in [5, 5.41) is 28.9. The van der Waals surface area contributed by atoms with Crippen LogP contribution in [0.1, 0.15) is 12.8 Å². The Morgan fingerprint density at radius 1 is 0.429 bits per heavy atom. The van der Waals surface area contributed by atoms with Gasteiger partial charge in [0.25, 0.3) is 0 Å². The van der Waals surface area contributed by atoms with Gasteiger partial charge in [-0.15, -0.1) is 0 Å². The third-order valence-electron chi connectivity index (χ3n) is 5.62. The van der Waals surface area contributed by atoms with Crippen molar-refractivity contribution in [2.24, 2.45) is 11.8 Å². The first-order valence-corrected chi connectivity index (χ1v) is 19.3.